The monoisotopic (exact) mass is 828 g/mol. The van der Waals surface area contributed by atoms with Crippen LogP contribution in [0.3, 0.4) is 0 Å². The van der Waals surface area contributed by atoms with Gasteiger partial charge in [-0.1, -0.05) is 6.58 Å². The number of benzene rings is 2. The van der Waals surface area contributed by atoms with Gasteiger partial charge in [0.15, 0.2) is 15.6 Å². The zero-order chi connectivity index (χ0) is 42.2. The fraction of sp³-hybridized carbons (Fsp3) is 0.514. The van der Waals surface area contributed by atoms with Gasteiger partial charge in [0, 0.05) is 44.2 Å². The Labute approximate surface area is 319 Å². The summed E-state index contributed by atoms with van der Waals surface area (Å²) in [6.45, 7) is 6.65. The molecule has 1 fully saturated rings. The predicted octanol–water partition coefficient (Wildman–Crippen LogP) is 8.82. The van der Waals surface area contributed by atoms with Crippen molar-refractivity contribution in [2.75, 3.05) is 36.6 Å². The van der Waals surface area contributed by atoms with Gasteiger partial charge in [-0.2, -0.15) is 39.5 Å². The van der Waals surface area contributed by atoms with E-state index in [4.69, 9.17) is 10.5 Å². The topological polar surface area (TPSA) is 126 Å². The van der Waals surface area contributed by atoms with Crippen molar-refractivity contribution in [3.63, 3.8) is 0 Å². The SMILES string of the molecule is C=C(/N=C\C(=C/N)OCCS(C)(=O)=O)N(Cc1cc(C(F)(F)F)ccc1N(CC)CC1CCC(CC(=O)O)CC1)[C@H](C)c1cc(C(F)(F)F)cc(C(F)(F)F)c1. The Morgan fingerprint density at radius 2 is 1.52 bits per heavy atom. The summed E-state index contributed by atoms with van der Waals surface area (Å²) in [4.78, 5) is 18.3. The zero-order valence-electron chi connectivity index (χ0n) is 30.9. The summed E-state index contributed by atoms with van der Waals surface area (Å²) in [6, 6.07) is 2.54. The molecule has 1 aliphatic carbocycles. The van der Waals surface area contributed by atoms with Crippen LogP contribution in [0.4, 0.5) is 45.2 Å². The molecule has 2 aromatic rings. The van der Waals surface area contributed by atoms with Crippen molar-refractivity contribution in [2.45, 2.75) is 77.1 Å². The number of aliphatic carboxylic acids is 1. The van der Waals surface area contributed by atoms with Crippen LogP contribution < -0.4 is 10.6 Å². The zero-order valence-corrected chi connectivity index (χ0v) is 31.8. The Kier molecular flexibility index (Phi) is 15.3. The summed E-state index contributed by atoms with van der Waals surface area (Å²) < 4.78 is 154. The summed E-state index contributed by atoms with van der Waals surface area (Å²) in [5.41, 5.74) is 1.13. The first-order valence-electron chi connectivity index (χ1n) is 17.5. The Morgan fingerprint density at radius 3 is 2.00 bits per heavy atom. The highest BCUT2D eigenvalue weighted by Crippen LogP contribution is 2.41. The third kappa shape index (κ3) is 13.7. The lowest BCUT2D eigenvalue weighted by Crippen LogP contribution is -2.33. The molecule has 1 atom stereocenters. The predicted molar refractivity (Wildman–Crippen MR) is 193 cm³/mol. The molecule has 0 heterocycles. The molecule has 1 saturated carbocycles. The van der Waals surface area contributed by atoms with Crippen LogP contribution in [0.25, 0.3) is 0 Å². The van der Waals surface area contributed by atoms with E-state index in [2.05, 4.69) is 11.6 Å². The highest BCUT2D eigenvalue weighted by atomic mass is 32.2. The molecule has 3 N–H and O–H groups in total. The Hall–Kier alpha value is -4.42. The highest BCUT2D eigenvalue weighted by molar-refractivity contribution is 7.90. The number of hydrogen-bond acceptors (Lipinski definition) is 8. The number of carbonyl (C=O) groups is 1. The summed E-state index contributed by atoms with van der Waals surface area (Å²) >= 11 is 0. The minimum Gasteiger partial charge on any atom is -0.489 e. The van der Waals surface area contributed by atoms with Crippen molar-refractivity contribution in [1.82, 2.24) is 4.90 Å². The first-order valence-corrected chi connectivity index (χ1v) is 19.6. The van der Waals surface area contributed by atoms with E-state index in [1.807, 2.05) is 4.90 Å². The number of halogens is 9. The summed E-state index contributed by atoms with van der Waals surface area (Å²) in [5, 5.41) is 9.19. The number of nitrogens with zero attached hydrogens (tertiary/aromatic N) is 3. The van der Waals surface area contributed by atoms with Crippen molar-refractivity contribution in [2.24, 2.45) is 22.6 Å². The average Bonchev–Trinajstić information content (AvgIpc) is 3.09. The van der Waals surface area contributed by atoms with Crippen molar-refractivity contribution in [3.8, 4) is 0 Å². The number of hydrogen-bond donors (Lipinski definition) is 2. The normalized spacial score (nSPS) is 17.8. The fourth-order valence-electron chi connectivity index (χ4n) is 6.46. The molecular weight excluding hydrogens is 783 g/mol. The van der Waals surface area contributed by atoms with E-state index in [0.29, 0.717) is 56.6 Å². The first-order chi connectivity index (χ1) is 25.8. The molecule has 0 unspecified atom stereocenters. The first kappa shape index (κ1) is 46.0. The lowest BCUT2D eigenvalue weighted by atomic mass is 9.80. The van der Waals surface area contributed by atoms with Gasteiger partial charge in [-0.3, -0.25) is 4.79 Å². The van der Waals surface area contributed by atoms with E-state index in [1.54, 1.807) is 6.92 Å². The molecule has 56 heavy (non-hydrogen) atoms. The van der Waals surface area contributed by atoms with Gasteiger partial charge < -0.3 is 25.4 Å². The number of carboxylic acid groups (broad SMARTS) is 1. The van der Waals surface area contributed by atoms with Gasteiger partial charge in [0.2, 0.25) is 0 Å². The van der Waals surface area contributed by atoms with Crippen molar-refractivity contribution >= 4 is 27.7 Å². The second-order valence-electron chi connectivity index (χ2n) is 13.7. The molecule has 2 aromatic carbocycles. The number of sulfone groups is 1. The molecule has 0 radical (unpaired) electrons. The summed E-state index contributed by atoms with van der Waals surface area (Å²) in [7, 11) is -3.45. The molecule has 0 aliphatic heterocycles. The number of ether oxygens (including phenoxy) is 1. The molecule has 9 nitrogen and oxygen atoms in total. The lowest BCUT2D eigenvalue weighted by molar-refractivity contribution is -0.143. The minimum atomic E-state index is -5.19. The molecule has 0 saturated heterocycles. The van der Waals surface area contributed by atoms with E-state index in [-0.39, 0.29) is 48.1 Å². The van der Waals surface area contributed by atoms with E-state index < -0.39 is 74.9 Å². The Balaban J connectivity index is 2.14. The van der Waals surface area contributed by atoms with Gasteiger partial charge in [0.25, 0.3) is 0 Å². The fourth-order valence-corrected chi connectivity index (χ4v) is 6.84. The van der Waals surface area contributed by atoms with Gasteiger partial charge in [0.05, 0.1) is 34.7 Å². The van der Waals surface area contributed by atoms with Crippen molar-refractivity contribution in [1.29, 1.82) is 0 Å². The van der Waals surface area contributed by atoms with Gasteiger partial charge in [-0.05, 0) is 98.9 Å². The molecule has 0 bridgehead atoms. The minimum absolute atomic E-state index is 0.00417. The summed E-state index contributed by atoms with van der Waals surface area (Å²) in [5.74, 6) is -1.77. The van der Waals surface area contributed by atoms with Crippen LogP contribution in [-0.4, -0.2) is 62.3 Å². The quantitative estimate of drug-likeness (QED) is 0.0922. The van der Waals surface area contributed by atoms with Crippen LogP contribution in [0, 0.1) is 11.8 Å². The second kappa shape index (κ2) is 18.7. The molecule has 1 aliphatic rings. The highest BCUT2D eigenvalue weighted by Gasteiger charge is 2.38. The largest absolute Gasteiger partial charge is 0.489 e. The number of aliphatic imine (C=N–C) groups is 1. The maximum absolute atomic E-state index is 14.1. The van der Waals surface area contributed by atoms with Gasteiger partial charge in [-0.25, -0.2) is 13.4 Å². The van der Waals surface area contributed by atoms with Crippen LogP contribution in [-0.2, 0) is 44.4 Å². The standard InChI is InChI=1S/C37H45F9N4O5S/c1-5-49(21-26-8-6-25(7-9-26)14-34(51)52)33-11-10-29(35(38,39)40)17-28(33)22-50(24(3)48-20-32(19-47)55-12-13-56(4,53)54)23(2)27-15-30(36(41,42)43)18-31(16-27)37(44,45)46/h10-11,15-20,23,25-26H,3,5-9,12-14,21-22,47H2,1-2,4H3,(H,51,52)/b32-19+,48-20-/t23-,25?,26?/m1/s1. The lowest BCUT2D eigenvalue weighted by Gasteiger charge is -2.36. The number of alkyl halides is 9. The van der Waals surface area contributed by atoms with E-state index in [9.17, 15) is 57.8 Å². The van der Waals surface area contributed by atoms with E-state index >= 15 is 0 Å². The van der Waals surface area contributed by atoms with Crippen molar-refractivity contribution < 1.29 is 62.6 Å². The molecule has 0 aromatic heterocycles. The Morgan fingerprint density at radius 1 is 0.964 bits per heavy atom. The maximum Gasteiger partial charge on any atom is 0.416 e. The molecule has 19 heteroatoms. The van der Waals surface area contributed by atoms with Gasteiger partial charge in [0.1, 0.15) is 12.4 Å². The van der Waals surface area contributed by atoms with Gasteiger partial charge >= 0.3 is 24.5 Å². The van der Waals surface area contributed by atoms with Gasteiger partial charge in [-0.15, -0.1) is 0 Å². The molecule has 0 spiro atoms. The number of carboxylic acids is 1. The molecule has 312 valence electrons. The third-order valence-corrected chi connectivity index (χ3v) is 10.4. The Bertz CT molecular complexity index is 1820. The molecule has 3 rings (SSSR count). The van der Waals surface area contributed by atoms with Crippen LogP contribution in [0.15, 0.2) is 65.7 Å². The van der Waals surface area contributed by atoms with Crippen LogP contribution in [0.5, 0.6) is 0 Å². The average molecular weight is 829 g/mol. The van der Waals surface area contributed by atoms with Crippen molar-refractivity contribution in [3.05, 3.63) is 88.6 Å². The number of allylic oxidation sites excluding steroid dienone is 1. The van der Waals surface area contributed by atoms with Crippen LogP contribution in [0.1, 0.15) is 79.8 Å². The summed E-state index contributed by atoms with van der Waals surface area (Å²) in [6.07, 6.45) is -9.71. The van der Waals surface area contributed by atoms with E-state index in [0.717, 1.165) is 35.7 Å². The number of anilines is 1. The third-order valence-electron chi connectivity index (χ3n) is 9.50. The molecular formula is C37H45F9N4O5S. The second-order valence-corrected chi connectivity index (χ2v) is 16.0. The number of nitrogens with two attached hydrogens (primary N) is 1. The van der Waals surface area contributed by atoms with Crippen LogP contribution >= 0.6 is 0 Å². The smallest absolute Gasteiger partial charge is 0.416 e. The van der Waals surface area contributed by atoms with Crippen LogP contribution in [0.2, 0.25) is 0 Å². The maximum atomic E-state index is 14.1. The van der Waals surface area contributed by atoms with E-state index in [1.165, 1.54) is 13.0 Å². The number of rotatable bonds is 17. The molecule has 0 amide bonds.